The minimum Gasteiger partial charge on any atom is -0.321 e. The fourth-order valence-corrected chi connectivity index (χ4v) is 2.62. The summed E-state index contributed by atoms with van der Waals surface area (Å²) in [5.74, 6) is -1.41. The summed E-state index contributed by atoms with van der Waals surface area (Å²) in [4.78, 5) is 12.4. The molecule has 0 aliphatic carbocycles. The number of alkyl halides is 3. The number of carbonyl (C=O) groups excluding carboxylic acids is 1. The van der Waals surface area contributed by atoms with Gasteiger partial charge in [-0.05, 0) is 24.3 Å². The van der Waals surface area contributed by atoms with E-state index in [-0.39, 0.29) is 11.3 Å². The second kappa shape index (κ2) is 7.00. The Kier molecular flexibility index (Phi) is 4.75. The van der Waals surface area contributed by atoms with E-state index in [1.807, 2.05) is 0 Å². The SMILES string of the molecule is O=C(Nc1ccccc1-c1ccccc1F)c1ccccc1C(F)(F)F. The molecule has 26 heavy (non-hydrogen) atoms. The van der Waals surface area contributed by atoms with Crippen LogP contribution in [0.3, 0.4) is 0 Å². The molecule has 0 aliphatic rings. The molecule has 132 valence electrons. The van der Waals surface area contributed by atoms with Crippen molar-refractivity contribution in [2.75, 3.05) is 5.32 Å². The van der Waals surface area contributed by atoms with Crippen molar-refractivity contribution < 1.29 is 22.4 Å². The third kappa shape index (κ3) is 3.59. The average molecular weight is 359 g/mol. The number of benzene rings is 3. The third-order valence-corrected chi connectivity index (χ3v) is 3.82. The lowest BCUT2D eigenvalue weighted by atomic mass is 10.0. The topological polar surface area (TPSA) is 29.1 Å². The van der Waals surface area contributed by atoms with Gasteiger partial charge in [-0.3, -0.25) is 4.79 Å². The van der Waals surface area contributed by atoms with Crippen molar-refractivity contribution in [2.24, 2.45) is 0 Å². The lowest BCUT2D eigenvalue weighted by Gasteiger charge is -2.15. The summed E-state index contributed by atoms with van der Waals surface area (Å²) in [6.45, 7) is 0. The van der Waals surface area contributed by atoms with Crippen LogP contribution < -0.4 is 5.32 Å². The van der Waals surface area contributed by atoms with Crippen LogP contribution in [0.1, 0.15) is 15.9 Å². The highest BCUT2D eigenvalue weighted by Crippen LogP contribution is 2.33. The molecule has 0 aliphatic heterocycles. The summed E-state index contributed by atoms with van der Waals surface area (Å²) in [5, 5.41) is 2.46. The van der Waals surface area contributed by atoms with E-state index in [4.69, 9.17) is 0 Å². The molecule has 0 bridgehead atoms. The molecular formula is C20H13F4NO. The Hall–Kier alpha value is -3.15. The monoisotopic (exact) mass is 359 g/mol. The van der Waals surface area contributed by atoms with Gasteiger partial charge in [-0.1, -0.05) is 48.5 Å². The number of anilines is 1. The van der Waals surface area contributed by atoms with Gasteiger partial charge in [0.25, 0.3) is 5.91 Å². The van der Waals surface area contributed by atoms with Gasteiger partial charge in [0.05, 0.1) is 11.1 Å². The van der Waals surface area contributed by atoms with Gasteiger partial charge in [0.15, 0.2) is 0 Å². The maximum Gasteiger partial charge on any atom is 0.417 e. The molecule has 3 aromatic carbocycles. The normalized spacial score (nSPS) is 11.2. The molecule has 0 saturated carbocycles. The highest BCUT2D eigenvalue weighted by Gasteiger charge is 2.34. The van der Waals surface area contributed by atoms with E-state index in [1.165, 1.54) is 36.4 Å². The number of halogens is 4. The quantitative estimate of drug-likeness (QED) is 0.592. The number of amides is 1. The van der Waals surface area contributed by atoms with Gasteiger partial charge in [0, 0.05) is 16.8 Å². The molecule has 3 aromatic rings. The van der Waals surface area contributed by atoms with Crippen molar-refractivity contribution in [1.29, 1.82) is 0 Å². The second-order valence-corrected chi connectivity index (χ2v) is 5.52. The number of carbonyl (C=O) groups is 1. The summed E-state index contributed by atoms with van der Waals surface area (Å²) in [6.07, 6.45) is -4.65. The van der Waals surface area contributed by atoms with Crippen LogP contribution in [0.5, 0.6) is 0 Å². The third-order valence-electron chi connectivity index (χ3n) is 3.82. The van der Waals surface area contributed by atoms with Crippen LogP contribution >= 0.6 is 0 Å². The number of rotatable bonds is 3. The Morgan fingerprint density at radius 2 is 1.35 bits per heavy atom. The first-order valence-electron chi connectivity index (χ1n) is 7.69. The molecule has 1 amide bonds. The highest BCUT2D eigenvalue weighted by molar-refractivity contribution is 6.07. The van der Waals surface area contributed by atoms with Crippen LogP contribution in [-0.4, -0.2) is 5.91 Å². The summed E-state index contributed by atoms with van der Waals surface area (Å²) < 4.78 is 53.4. The summed E-state index contributed by atoms with van der Waals surface area (Å²) in [5.41, 5.74) is -0.681. The maximum atomic E-state index is 14.1. The van der Waals surface area contributed by atoms with E-state index in [2.05, 4.69) is 5.32 Å². The van der Waals surface area contributed by atoms with Crippen molar-refractivity contribution >= 4 is 11.6 Å². The minimum atomic E-state index is -4.65. The Labute approximate surface area is 147 Å². The minimum absolute atomic E-state index is 0.222. The van der Waals surface area contributed by atoms with Crippen LogP contribution in [0.25, 0.3) is 11.1 Å². The summed E-state index contributed by atoms with van der Waals surface area (Å²) >= 11 is 0. The van der Waals surface area contributed by atoms with Gasteiger partial charge in [-0.2, -0.15) is 13.2 Å². The molecule has 3 rings (SSSR count). The van der Waals surface area contributed by atoms with Crippen LogP contribution in [0.2, 0.25) is 0 Å². The fourth-order valence-electron chi connectivity index (χ4n) is 2.62. The highest BCUT2D eigenvalue weighted by atomic mass is 19.4. The van der Waals surface area contributed by atoms with Crippen molar-refractivity contribution in [3.8, 4) is 11.1 Å². The van der Waals surface area contributed by atoms with E-state index >= 15 is 0 Å². The van der Waals surface area contributed by atoms with E-state index in [0.717, 1.165) is 12.1 Å². The smallest absolute Gasteiger partial charge is 0.321 e. The van der Waals surface area contributed by atoms with Gasteiger partial charge in [0.2, 0.25) is 0 Å². The van der Waals surface area contributed by atoms with Gasteiger partial charge in [-0.15, -0.1) is 0 Å². The molecule has 1 N–H and O–H groups in total. The molecule has 6 heteroatoms. The predicted molar refractivity (Wildman–Crippen MR) is 91.2 cm³/mol. The van der Waals surface area contributed by atoms with E-state index in [1.54, 1.807) is 24.3 Å². The van der Waals surface area contributed by atoms with E-state index < -0.39 is 29.0 Å². The molecule has 0 aromatic heterocycles. The first-order valence-corrected chi connectivity index (χ1v) is 7.69. The summed E-state index contributed by atoms with van der Waals surface area (Å²) in [7, 11) is 0. The molecule has 0 saturated heterocycles. The fraction of sp³-hybridized carbons (Fsp3) is 0.0500. The number of para-hydroxylation sites is 1. The van der Waals surface area contributed by atoms with E-state index in [0.29, 0.717) is 5.56 Å². The standard InChI is InChI=1S/C20H13F4NO/c21-17-11-5-2-7-13(17)14-8-3-6-12-18(14)25-19(26)15-9-1-4-10-16(15)20(22,23)24/h1-12H,(H,25,26). The van der Waals surface area contributed by atoms with Gasteiger partial charge >= 0.3 is 6.18 Å². The number of hydrogen-bond acceptors (Lipinski definition) is 1. The number of nitrogens with one attached hydrogen (secondary N) is 1. The van der Waals surface area contributed by atoms with Crippen molar-refractivity contribution in [2.45, 2.75) is 6.18 Å². The van der Waals surface area contributed by atoms with Gasteiger partial charge in [-0.25, -0.2) is 4.39 Å². The molecular weight excluding hydrogens is 346 g/mol. The van der Waals surface area contributed by atoms with Crippen LogP contribution in [-0.2, 0) is 6.18 Å². The lowest BCUT2D eigenvalue weighted by molar-refractivity contribution is -0.137. The molecule has 2 nitrogen and oxygen atoms in total. The first-order chi connectivity index (χ1) is 12.4. The Bertz CT molecular complexity index is 950. The zero-order chi connectivity index (χ0) is 18.7. The van der Waals surface area contributed by atoms with Crippen LogP contribution in [0.4, 0.5) is 23.2 Å². The molecule has 0 heterocycles. The molecule has 0 atom stereocenters. The van der Waals surface area contributed by atoms with Crippen LogP contribution in [0, 0.1) is 5.82 Å². The Morgan fingerprint density at radius 1 is 0.769 bits per heavy atom. The zero-order valence-electron chi connectivity index (χ0n) is 13.3. The zero-order valence-corrected chi connectivity index (χ0v) is 13.3. The largest absolute Gasteiger partial charge is 0.417 e. The second-order valence-electron chi connectivity index (χ2n) is 5.52. The molecule has 0 unspecified atom stereocenters. The molecule has 0 radical (unpaired) electrons. The molecule has 0 spiro atoms. The Morgan fingerprint density at radius 3 is 2.04 bits per heavy atom. The Balaban J connectivity index is 1.99. The summed E-state index contributed by atoms with van der Waals surface area (Å²) in [6, 6.07) is 16.8. The van der Waals surface area contributed by atoms with Crippen molar-refractivity contribution in [1.82, 2.24) is 0 Å². The first kappa shape index (κ1) is 17.7. The average Bonchev–Trinajstić information content (AvgIpc) is 2.62. The number of hydrogen-bond donors (Lipinski definition) is 1. The predicted octanol–water partition coefficient (Wildman–Crippen LogP) is 5.76. The lowest BCUT2D eigenvalue weighted by Crippen LogP contribution is -2.19. The van der Waals surface area contributed by atoms with Gasteiger partial charge < -0.3 is 5.32 Å². The van der Waals surface area contributed by atoms with E-state index in [9.17, 15) is 22.4 Å². The molecule has 0 fully saturated rings. The maximum absolute atomic E-state index is 14.1. The van der Waals surface area contributed by atoms with Gasteiger partial charge in [0.1, 0.15) is 5.82 Å². The van der Waals surface area contributed by atoms with Crippen molar-refractivity contribution in [3.05, 3.63) is 89.7 Å². The van der Waals surface area contributed by atoms with Crippen LogP contribution in [0.15, 0.2) is 72.8 Å². The van der Waals surface area contributed by atoms with Crippen molar-refractivity contribution in [3.63, 3.8) is 0 Å².